The summed E-state index contributed by atoms with van der Waals surface area (Å²) in [5, 5.41) is 20.9. The largest absolute Gasteiger partial charge is 0.472 e. The number of hydrogen-bond donors (Lipinski definition) is 4. The number of ether oxygens (including phenoxy) is 3. The molecule has 0 saturated carbocycles. The monoisotopic (exact) mass is 1980 g/mol. The second-order valence-corrected chi connectivity index (χ2v) is 41.4. The molecule has 16 nitrogen and oxygen atoms in total. The maximum absolute atomic E-state index is 13.2. The minimum absolute atomic E-state index is 0.106. The number of rotatable bonds is 109. The van der Waals surface area contributed by atoms with E-state index in [1.165, 1.54) is 315 Å². The Labute approximate surface area is 853 Å². The first-order chi connectivity index (χ1) is 68.2. The number of esters is 3. The van der Waals surface area contributed by atoms with Crippen molar-refractivity contribution in [2.75, 3.05) is 39.6 Å². The summed E-state index contributed by atoms with van der Waals surface area (Å²) in [5.74, 6) is -1.54. The van der Waals surface area contributed by atoms with Crippen molar-refractivity contribution in [2.45, 2.75) is 540 Å². The van der Waals surface area contributed by atoms with E-state index in [1.807, 2.05) is 0 Å². The molecule has 0 radical (unpaired) electrons. The number of unbranched alkanes of at least 4 members (excludes halogenated alkanes) is 58. The summed E-state index contributed by atoms with van der Waals surface area (Å²) in [6, 6.07) is 0. The van der Waals surface area contributed by atoms with Crippen molar-refractivity contribution < 1.29 is 75.8 Å². The maximum atomic E-state index is 13.2. The van der Waals surface area contributed by atoms with Gasteiger partial charge in [0.2, 0.25) is 0 Å². The number of carbonyl (C=O) groups excluding carboxylic acids is 3. The molecule has 0 aromatic heterocycles. The van der Waals surface area contributed by atoms with Gasteiger partial charge in [-0.25, -0.2) is 9.13 Å². The zero-order valence-corrected chi connectivity index (χ0v) is 91.2. The number of phosphoric acid groups is 2. The zero-order valence-electron chi connectivity index (χ0n) is 89.4. The van der Waals surface area contributed by atoms with Gasteiger partial charge in [0.15, 0.2) is 6.10 Å². The summed E-state index contributed by atoms with van der Waals surface area (Å²) >= 11 is 0. The van der Waals surface area contributed by atoms with Crippen LogP contribution in [0.1, 0.15) is 522 Å². The van der Waals surface area contributed by atoms with Crippen LogP contribution in [0.5, 0.6) is 0 Å². The lowest BCUT2D eigenvalue weighted by atomic mass is 10.0. The van der Waals surface area contributed by atoms with Crippen molar-refractivity contribution in [1.82, 2.24) is 0 Å². The molecule has 0 saturated heterocycles. The maximum Gasteiger partial charge on any atom is 0.472 e. The molecule has 0 aromatic carbocycles. The summed E-state index contributed by atoms with van der Waals surface area (Å²) in [5.41, 5.74) is 0. The first kappa shape index (κ1) is 134. The lowest BCUT2D eigenvalue weighted by molar-refractivity contribution is -0.161. The van der Waals surface area contributed by atoms with Gasteiger partial charge in [0, 0.05) is 19.3 Å². The van der Waals surface area contributed by atoms with Crippen molar-refractivity contribution in [3.63, 3.8) is 0 Å². The molecule has 5 unspecified atom stereocenters. The first-order valence-electron chi connectivity index (χ1n) is 57.4. The molecule has 0 fully saturated rings. The SMILES string of the molecule is CC/C=C\C/C=C\C/C=C\C/C=C\C/C=C\CCCCCCCCCCCCCCCCCCCCCC(=O)OCC(O)COP(=O)(O)OCC(O)COP(=O)(O)OCC(COC(=O)CCCCCCCCCCCCCCCCCCCCC/C=C\C/C=C\C/C=C\C/C=C\C/C=C\CC)OC(=O)CCCCCCCCCCCCCCCCCCC/C=C\C/C=C\C/C=C\C/C=C\CCCCC. The molecule has 0 spiro atoms. The lowest BCUT2D eigenvalue weighted by Gasteiger charge is -2.21. The molecule has 0 aliphatic rings. The smallest absolute Gasteiger partial charge is 0.463 e. The van der Waals surface area contributed by atoms with Crippen LogP contribution >= 0.6 is 15.6 Å². The van der Waals surface area contributed by atoms with Gasteiger partial charge in [-0.1, -0.05) is 518 Å². The minimum atomic E-state index is -4.95. The van der Waals surface area contributed by atoms with E-state index in [4.69, 9.17) is 32.3 Å². The van der Waals surface area contributed by atoms with E-state index in [0.29, 0.717) is 19.3 Å². The van der Waals surface area contributed by atoms with E-state index in [1.54, 1.807) is 0 Å². The highest BCUT2D eigenvalue weighted by Gasteiger charge is 2.30. The Morgan fingerprint density at radius 1 is 0.209 bits per heavy atom. The van der Waals surface area contributed by atoms with Gasteiger partial charge in [-0.2, -0.15) is 0 Å². The van der Waals surface area contributed by atoms with Gasteiger partial charge in [0.25, 0.3) is 0 Å². The van der Waals surface area contributed by atoms with Gasteiger partial charge in [-0.05, 0) is 154 Å². The molecule has 139 heavy (non-hydrogen) atoms. The molecule has 0 rings (SSSR count). The molecule has 0 aliphatic carbocycles. The van der Waals surface area contributed by atoms with Gasteiger partial charge < -0.3 is 34.2 Å². The van der Waals surface area contributed by atoms with Crippen LogP contribution in [0, 0.1) is 0 Å². The lowest BCUT2D eigenvalue weighted by Crippen LogP contribution is -2.30. The second kappa shape index (κ2) is 112. The third-order valence-electron chi connectivity index (χ3n) is 24.9. The molecule has 0 aliphatic heterocycles. The van der Waals surface area contributed by atoms with Gasteiger partial charge in [0.05, 0.1) is 26.4 Å². The molecule has 802 valence electrons. The fourth-order valence-electron chi connectivity index (χ4n) is 16.3. The minimum Gasteiger partial charge on any atom is -0.463 e. The van der Waals surface area contributed by atoms with Crippen molar-refractivity contribution in [3.05, 3.63) is 170 Å². The van der Waals surface area contributed by atoms with Gasteiger partial charge in [0.1, 0.15) is 25.4 Å². The molecule has 0 amide bonds. The van der Waals surface area contributed by atoms with Crippen molar-refractivity contribution in [1.29, 1.82) is 0 Å². The fourth-order valence-corrected chi connectivity index (χ4v) is 17.9. The van der Waals surface area contributed by atoms with Crippen LogP contribution in [-0.4, -0.2) is 95.9 Å². The molecule has 0 bridgehead atoms. The van der Waals surface area contributed by atoms with Crippen LogP contribution in [0.25, 0.3) is 0 Å². The van der Waals surface area contributed by atoms with Crippen LogP contribution in [0.4, 0.5) is 0 Å². The second-order valence-electron chi connectivity index (χ2n) is 38.5. The predicted octanol–water partition coefficient (Wildman–Crippen LogP) is 37.2. The Bertz CT molecular complexity index is 3210. The number of aliphatic hydroxyl groups excluding tert-OH is 2. The number of carbonyl (C=O) groups is 3. The third kappa shape index (κ3) is 113. The molecule has 0 heterocycles. The van der Waals surface area contributed by atoms with E-state index < -0.39 is 91.5 Å². The van der Waals surface area contributed by atoms with Crippen LogP contribution in [0.2, 0.25) is 0 Å². The van der Waals surface area contributed by atoms with E-state index in [9.17, 15) is 43.5 Å². The average molecular weight is 1980 g/mol. The summed E-state index contributed by atoms with van der Waals surface area (Å²) in [6.45, 7) is 2.54. The Morgan fingerprint density at radius 3 is 0.604 bits per heavy atom. The number of hydrogen-bond acceptors (Lipinski definition) is 14. The number of phosphoric ester groups is 2. The standard InChI is InChI=1S/C121H212O16P2/c1-4-7-10-13-16-19-22-25-28-31-34-37-40-43-46-49-52-55-57-60-62-65-68-71-74-77-80-83-86-89-92-95-98-101-104-107-119(124)131-110-116(122)111-133-138(127,128)134-112-117(123)113-135-139(129,130)136-115-118(137-121(126)109-106-103-100-97-94-91-88-85-82-79-76-73-70-67-64-59-54-51-48-45-42-39-36-33-30-27-24-21-18-15-12-9-6-3)114-132-120(125)108-105-102-99-96-93-90-87-84-81-78-75-72-69-66-63-61-58-56-53-50-47-44-41-38-35-32-29-26-23-20-17-14-11-8-5-2/h7-8,10-11,16-21,25-30,34-39,43-48,116-118,122-123H,4-6,9,12-15,22-24,31-33,40-42,49-115H2,1-3H3,(H,127,128)(H,129,130)/b10-7-,11-8-,19-16-,20-17-,21-18-,28-25-,29-26-,30-27-,37-34-,38-35-,39-36-,46-43-,47-44-,48-45-. The summed E-state index contributed by atoms with van der Waals surface area (Å²) in [4.78, 5) is 59.4. The average Bonchev–Trinajstić information content (AvgIpc) is 0.891. The molecular weight excluding hydrogens is 1770 g/mol. The Hall–Kier alpha value is -5.09. The van der Waals surface area contributed by atoms with E-state index in [-0.39, 0.29) is 19.3 Å². The van der Waals surface area contributed by atoms with Gasteiger partial charge in [-0.15, -0.1) is 0 Å². The van der Waals surface area contributed by atoms with Gasteiger partial charge >= 0.3 is 33.6 Å². The van der Waals surface area contributed by atoms with Crippen LogP contribution in [0.3, 0.4) is 0 Å². The highest BCUT2D eigenvalue weighted by molar-refractivity contribution is 7.47. The third-order valence-corrected chi connectivity index (χ3v) is 26.8. The molecule has 4 N–H and O–H groups in total. The Balaban J connectivity index is 4.58. The van der Waals surface area contributed by atoms with E-state index in [0.717, 1.165) is 148 Å². The van der Waals surface area contributed by atoms with Crippen molar-refractivity contribution in [2.24, 2.45) is 0 Å². The van der Waals surface area contributed by atoms with E-state index in [2.05, 4.69) is 191 Å². The van der Waals surface area contributed by atoms with Crippen LogP contribution in [-0.2, 0) is 55.8 Å². The molecular formula is C121H212O16P2. The highest BCUT2D eigenvalue weighted by Crippen LogP contribution is 2.45. The Kier molecular flexibility index (Phi) is 108. The quantitative estimate of drug-likeness (QED) is 0.0146. The zero-order chi connectivity index (χ0) is 101. The van der Waals surface area contributed by atoms with Crippen LogP contribution in [0.15, 0.2) is 170 Å². The van der Waals surface area contributed by atoms with Crippen molar-refractivity contribution in [3.8, 4) is 0 Å². The Morgan fingerprint density at radius 2 is 0.381 bits per heavy atom. The highest BCUT2D eigenvalue weighted by atomic mass is 31.2. The first-order valence-corrected chi connectivity index (χ1v) is 60.4. The molecule has 5 atom stereocenters. The van der Waals surface area contributed by atoms with E-state index >= 15 is 0 Å². The number of allylic oxidation sites excluding steroid dienone is 28. The summed E-state index contributed by atoms with van der Waals surface area (Å²) in [7, 11) is -9.82. The molecule has 18 heteroatoms. The topological polar surface area (TPSA) is 231 Å². The molecule has 0 aromatic rings. The predicted molar refractivity (Wildman–Crippen MR) is 592 cm³/mol. The summed E-state index contributed by atoms with van der Waals surface area (Å²) in [6.07, 6.45) is 149. The fraction of sp³-hybridized carbons (Fsp3) is 0.744. The van der Waals surface area contributed by atoms with Crippen molar-refractivity contribution >= 4 is 33.6 Å². The normalized spacial score (nSPS) is 14.2. The number of aliphatic hydroxyl groups is 2. The van der Waals surface area contributed by atoms with Gasteiger partial charge in [-0.3, -0.25) is 32.5 Å². The summed E-state index contributed by atoms with van der Waals surface area (Å²) < 4.78 is 61.9. The van der Waals surface area contributed by atoms with Crippen LogP contribution < -0.4 is 0 Å².